The number of halogens is 4. The molecule has 0 aliphatic heterocycles. The Morgan fingerprint density at radius 1 is 1.25 bits per heavy atom. The first kappa shape index (κ1) is 16.7. The van der Waals surface area contributed by atoms with E-state index >= 15 is 0 Å². The maximum atomic E-state index is 13.2. The lowest BCUT2D eigenvalue weighted by molar-refractivity contribution is -0.325. The molecule has 3 nitrogen and oxygen atoms in total. The molecule has 0 spiro atoms. The van der Waals surface area contributed by atoms with Gasteiger partial charge in [0.15, 0.2) is 0 Å². The van der Waals surface area contributed by atoms with Gasteiger partial charge >= 0.3 is 6.36 Å². The Morgan fingerprint density at radius 3 is 2.55 bits per heavy atom. The van der Waals surface area contributed by atoms with Crippen molar-refractivity contribution in [2.24, 2.45) is 0 Å². The van der Waals surface area contributed by atoms with Crippen molar-refractivity contribution in [2.45, 2.75) is 26.3 Å². The third kappa shape index (κ3) is 5.75. The van der Waals surface area contributed by atoms with E-state index in [1.807, 2.05) is 13.8 Å². The second kappa shape index (κ2) is 7.44. The molecule has 1 N–H and O–H groups in total. The molecule has 1 unspecified atom stereocenters. The summed E-state index contributed by atoms with van der Waals surface area (Å²) >= 11 is 0. The van der Waals surface area contributed by atoms with Gasteiger partial charge in [0.25, 0.3) is 0 Å². The summed E-state index contributed by atoms with van der Waals surface area (Å²) in [5, 5.41) is 3.09. The molecule has 1 aromatic carbocycles. The molecular weight excluding hydrogens is 278 g/mol. The monoisotopic (exact) mass is 295 g/mol. The number of hydrogen-bond donors (Lipinski definition) is 1. The van der Waals surface area contributed by atoms with Crippen LogP contribution in [0.3, 0.4) is 0 Å². The van der Waals surface area contributed by atoms with Crippen molar-refractivity contribution in [1.29, 1.82) is 0 Å². The van der Waals surface area contributed by atoms with Gasteiger partial charge in [-0.05, 0) is 31.7 Å². The van der Waals surface area contributed by atoms with Crippen molar-refractivity contribution in [3.8, 4) is 5.75 Å². The lowest BCUT2D eigenvalue weighted by atomic mass is 10.1. The number of alkyl halides is 3. The highest BCUT2D eigenvalue weighted by molar-refractivity contribution is 5.36. The predicted octanol–water partition coefficient (Wildman–Crippen LogP) is 3.41. The molecule has 0 heterocycles. The van der Waals surface area contributed by atoms with Gasteiger partial charge in [0.05, 0.1) is 6.61 Å². The SMILES string of the molecule is CCNC(C)c1cc(F)ccc1OCCOC(F)(F)F. The fourth-order valence-electron chi connectivity index (χ4n) is 1.71. The van der Waals surface area contributed by atoms with Crippen molar-refractivity contribution in [3.63, 3.8) is 0 Å². The van der Waals surface area contributed by atoms with Gasteiger partial charge in [-0.15, -0.1) is 13.2 Å². The molecule has 0 fully saturated rings. The third-order valence-electron chi connectivity index (χ3n) is 2.56. The maximum Gasteiger partial charge on any atom is 0.522 e. The number of rotatable bonds is 7. The van der Waals surface area contributed by atoms with Gasteiger partial charge in [0, 0.05) is 11.6 Å². The third-order valence-corrected chi connectivity index (χ3v) is 2.56. The molecule has 0 aliphatic carbocycles. The largest absolute Gasteiger partial charge is 0.522 e. The van der Waals surface area contributed by atoms with Crippen LogP contribution in [0.15, 0.2) is 18.2 Å². The summed E-state index contributed by atoms with van der Waals surface area (Å²) in [6, 6.07) is 3.72. The minimum absolute atomic E-state index is 0.172. The summed E-state index contributed by atoms with van der Waals surface area (Å²) in [4.78, 5) is 0. The van der Waals surface area contributed by atoms with E-state index in [2.05, 4.69) is 10.1 Å². The van der Waals surface area contributed by atoms with Crippen molar-refractivity contribution in [1.82, 2.24) is 5.32 Å². The minimum Gasteiger partial charge on any atom is -0.491 e. The summed E-state index contributed by atoms with van der Waals surface area (Å²) in [7, 11) is 0. The number of nitrogens with one attached hydrogen (secondary N) is 1. The molecule has 0 aliphatic rings. The van der Waals surface area contributed by atoms with Crippen LogP contribution in [0, 0.1) is 5.82 Å². The van der Waals surface area contributed by atoms with E-state index in [0.29, 0.717) is 17.9 Å². The van der Waals surface area contributed by atoms with Crippen LogP contribution in [0.2, 0.25) is 0 Å². The maximum absolute atomic E-state index is 13.2. The molecule has 0 radical (unpaired) electrons. The van der Waals surface area contributed by atoms with Crippen LogP contribution < -0.4 is 10.1 Å². The van der Waals surface area contributed by atoms with E-state index in [1.54, 1.807) is 0 Å². The van der Waals surface area contributed by atoms with Gasteiger partial charge in [-0.3, -0.25) is 4.74 Å². The average molecular weight is 295 g/mol. The fraction of sp³-hybridized carbons (Fsp3) is 0.538. The first-order valence-electron chi connectivity index (χ1n) is 6.19. The highest BCUT2D eigenvalue weighted by Gasteiger charge is 2.28. The van der Waals surface area contributed by atoms with Gasteiger partial charge in [0.1, 0.15) is 18.2 Å². The molecular formula is C13H17F4NO2. The quantitative estimate of drug-likeness (QED) is 0.617. The van der Waals surface area contributed by atoms with Crippen LogP contribution in [0.4, 0.5) is 17.6 Å². The molecule has 0 aromatic heterocycles. The smallest absolute Gasteiger partial charge is 0.491 e. The number of benzene rings is 1. The van der Waals surface area contributed by atoms with Crippen molar-refractivity contribution in [3.05, 3.63) is 29.6 Å². The van der Waals surface area contributed by atoms with Gasteiger partial charge in [-0.25, -0.2) is 4.39 Å². The van der Waals surface area contributed by atoms with Crippen LogP contribution in [0.1, 0.15) is 25.5 Å². The zero-order valence-corrected chi connectivity index (χ0v) is 11.3. The van der Waals surface area contributed by atoms with E-state index in [4.69, 9.17) is 4.74 Å². The van der Waals surface area contributed by atoms with E-state index < -0.39 is 18.8 Å². The lowest BCUT2D eigenvalue weighted by Crippen LogP contribution is -2.20. The summed E-state index contributed by atoms with van der Waals surface area (Å²) in [5.41, 5.74) is 0.554. The molecule has 1 rings (SSSR count). The Hall–Kier alpha value is -1.34. The van der Waals surface area contributed by atoms with Crippen LogP contribution in [-0.2, 0) is 4.74 Å². The Labute approximate surface area is 114 Å². The lowest BCUT2D eigenvalue weighted by Gasteiger charge is -2.18. The predicted molar refractivity (Wildman–Crippen MR) is 66.0 cm³/mol. The van der Waals surface area contributed by atoms with Crippen molar-refractivity contribution >= 4 is 0 Å². The highest BCUT2D eigenvalue weighted by Crippen LogP contribution is 2.26. The van der Waals surface area contributed by atoms with Crippen molar-refractivity contribution in [2.75, 3.05) is 19.8 Å². The van der Waals surface area contributed by atoms with Gasteiger partial charge in [0.2, 0.25) is 0 Å². The Bertz CT molecular complexity index is 423. The molecule has 7 heteroatoms. The van der Waals surface area contributed by atoms with Gasteiger partial charge in [-0.1, -0.05) is 6.92 Å². The summed E-state index contributed by atoms with van der Waals surface area (Å²) in [6.07, 6.45) is -4.67. The number of ether oxygens (including phenoxy) is 2. The van der Waals surface area contributed by atoms with Crippen LogP contribution >= 0.6 is 0 Å². The molecule has 0 saturated carbocycles. The molecule has 0 saturated heterocycles. The molecule has 114 valence electrons. The zero-order valence-electron chi connectivity index (χ0n) is 11.3. The summed E-state index contributed by atoms with van der Waals surface area (Å²) in [6.45, 7) is 3.51. The van der Waals surface area contributed by atoms with Crippen LogP contribution in [0.25, 0.3) is 0 Å². The first-order valence-corrected chi connectivity index (χ1v) is 6.19. The summed E-state index contributed by atoms with van der Waals surface area (Å²) in [5.74, 6) is -0.0886. The van der Waals surface area contributed by atoms with E-state index in [0.717, 1.165) is 0 Å². The van der Waals surface area contributed by atoms with Gasteiger partial charge < -0.3 is 10.1 Å². The summed E-state index contributed by atoms with van der Waals surface area (Å²) < 4.78 is 57.5. The van der Waals surface area contributed by atoms with Crippen LogP contribution in [-0.4, -0.2) is 26.1 Å². The fourth-order valence-corrected chi connectivity index (χ4v) is 1.71. The zero-order chi connectivity index (χ0) is 15.2. The second-order valence-electron chi connectivity index (χ2n) is 4.10. The number of hydrogen-bond acceptors (Lipinski definition) is 3. The Morgan fingerprint density at radius 2 is 1.95 bits per heavy atom. The van der Waals surface area contributed by atoms with Crippen LogP contribution in [0.5, 0.6) is 5.75 Å². The molecule has 1 aromatic rings. The molecule has 0 bridgehead atoms. The normalized spacial score (nSPS) is 13.3. The van der Waals surface area contributed by atoms with E-state index in [-0.39, 0.29) is 12.6 Å². The molecule has 0 amide bonds. The molecule has 20 heavy (non-hydrogen) atoms. The topological polar surface area (TPSA) is 30.5 Å². The molecule has 1 atom stereocenters. The Kier molecular flexibility index (Phi) is 6.22. The second-order valence-corrected chi connectivity index (χ2v) is 4.10. The van der Waals surface area contributed by atoms with Crippen molar-refractivity contribution < 1.29 is 27.0 Å². The average Bonchev–Trinajstić information content (AvgIpc) is 2.35. The Balaban J connectivity index is 2.64. The van der Waals surface area contributed by atoms with E-state index in [9.17, 15) is 17.6 Å². The standard InChI is InChI=1S/C13H17F4NO2/c1-3-18-9(2)11-8-10(14)4-5-12(11)19-6-7-20-13(15,16)17/h4-5,8-9,18H,3,6-7H2,1-2H3. The minimum atomic E-state index is -4.67. The highest BCUT2D eigenvalue weighted by atomic mass is 19.4. The first-order chi connectivity index (χ1) is 9.33. The van der Waals surface area contributed by atoms with Gasteiger partial charge in [-0.2, -0.15) is 0 Å². The van der Waals surface area contributed by atoms with E-state index in [1.165, 1.54) is 18.2 Å².